The number of rotatable bonds is 4. The van der Waals surface area contributed by atoms with Gasteiger partial charge < -0.3 is 5.32 Å². The van der Waals surface area contributed by atoms with Crippen LogP contribution < -0.4 is 5.32 Å². The summed E-state index contributed by atoms with van der Waals surface area (Å²) in [6, 6.07) is 8.13. The highest BCUT2D eigenvalue weighted by molar-refractivity contribution is 6.30. The van der Waals surface area contributed by atoms with Crippen LogP contribution >= 0.6 is 11.6 Å². The number of halogens is 1. The summed E-state index contributed by atoms with van der Waals surface area (Å²) in [4.78, 5) is 4.02. The Kier molecular flexibility index (Phi) is 4.20. The van der Waals surface area contributed by atoms with E-state index >= 15 is 0 Å². The van der Waals surface area contributed by atoms with Crippen LogP contribution in [0.2, 0.25) is 5.02 Å². The summed E-state index contributed by atoms with van der Waals surface area (Å²) >= 11 is 6.05. The fourth-order valence-corrected chi connectivity index (χ4v) is 1.97. The normalized spacial score (nSPS) is 10.7. The molecule has 0 unspecified atom stereocenters. The van der Waals surface area contributed by atoms with Gasteiger partial charge in [0.25, 0.3) is 0 Å². The van der Waals surface area contributed by atoms with E-state index in [1.54, 1.807) is 17.0 Å². The van der Waals surface area contributed by atoms with Crippen molar-refractivity contribution < 1.29 is 0 Å². The van der Waals surface area contributed by atoms with Gasteiger partial charge in [0.15, 0.2) is 0 Å². The number of nitriles is 1. The summed E-state index contributed by atoms with van der Waals surface area (Å²) in [6.07, 6.45) is 3.38. The van der Waals surface area contributed by atoms with Gasteiger partial charge >= 0.3 is 0 Å². The summed E-state index contributed by atoms with van der Waals surface area (Å²) in [5, 5.41) is 13.1. The zero-order chi connectivity index (χ0) is 13.8. The molecule has 0 aliphatic rings. The molecule has 98 valence electrons. The maximum atomic E-state index is 9.07. The Hall–Kier alpha value is -1.83. The van der Waals surface area contributed by atoms with Gasteiger partial charge in [-0.15, -0.1) is 0 Å². The molecule has 0 saturated heterocycles. The molecular formula is C14H15ClN4. The number of hydrogen-bond acceptors (Lipinski definition) is 3. The number of nitrogens with one attached hydrogen (secondary N) is 1. The summed E-state index contributed by atoms with van der Waals surface area (Å²) < 4.78 is 1.75. The molecule has 1 aromatic carbocycles. The topological polar surface area (TPSA) is 53.6 Å². The highest BCUT2D eigenvalue weighted by Gasteiger charge is 2.10. The third kappa shape index (κ3) is 3.14. The van der Waals surface area contributed by atoms with Crippen molar-refractivity contribution >= 4 is 11.6 Å². The van der Waals surface area contributed by atoms with Crippen LogP contribution in [0.1, 0.15) is 25.2 Å². The molecule has 0 saturated carbocycles. The Bertz CT molecular complexity index is 610. The molecule has 0 aliphatic carbocycles. The van der Waals surface area contributed by atoms with Crippen LogP contribution in [0, 0.1) is 11.3 Å². The SMILES string of the molecule is CC(C)NCc1ccc(Cl)cc1-n1ccnc1C#N. The minimum atomic E-state index is 0.355. The standard InChI is InChI=1S/C14H15ClN4/c1-10(2)18-9-11-3-4-12(15)7-13(11)19-6-5-17-14(19)8-16/h3-7,10,18H,9H2,1-2H3. The number of aromatic nitrogens is 2. The average Bonchev–Trinajstić information content (AvgIpc) is 2.85. The van der Waals surface area contributed by atoms with Crippen LogP contribution in [-0.4, -0.2) is 15.6 Å². The number of imidazole rings is 1. The number of nitrogens with zero attached hydrogens (tertiary/aromatic N) is 3. The van der Waals surface area contributed by atoms with Crippen molar-refractivity contribution in [2.24, 2.45) is 0 Å². The molecule has 5 heteroatoms. The third-order valence-corrected chi connectivity index (χ3v) is 2.98. The second kappa shape index (κ2) is 5.87. The monoisotopic (exact) mass is 274 g/mol. The van der Waals surface area contributed by atoms with Gasteiger partial charge in [0.1, 0.15) is 6.07 Å². The molecule has 0 spiro atoms. The fraction of sp³-hybridized carbons (Fsp3) is 0.286. The molecule has 2 aromatic rings. The quantitative estimate of drug-likeness (QED) is 0.933. The maximum Gasteiger partial charge on any atom is 0.217 e. The molecule has 0 fully saturated rings. The van der Waals surface area contributed by atoms with Gasteiger partial charge in [-0.2, -0.15) is 5.26 Å². The van der Waals surface area contributed by atoms with Gasteiger partial charge in [-0.05, 0) is 17.7 Å². The first kappa shape index (κ1) is 13.6. The Morgan fingerprint density at radius 3 is 2.95 bits per heavy atom. The lowest BCUT2D eigenvalue weighted by molar-refractivity contribution is 0.587. The predicted molar refractivity (Wildman–Crippen MR) is 75.3 cm³/mol. The summed E-state index contributed by atoms with van der Waals surface area (Å²) in [6.45, 7) is 4.90. The molecule has 0 atom stereocenters. The first-order valence-electron chi connectivity index (χ1n) is 6.07. The molecule has 1 N–H and O–H groups in total. The highest BCUT2D eigenvalue weighted by atomic mass is 35.5. The van der Waals surface area contributed by atoms with E-state index < -0.39 is 0 Å². The van der Waals surface area contributed by atoms with Crippen LogP contribution in [0.5, 0.6) is 0 Å². The van der Waals surface area contributed by atoms with Crippen molar-refractivity contribution in [2.45, 2.75) is 26.4 Å². The minimum absolute atomic E-state index is 0.355. The van der Waals surface area contributed by atoms with Gasteiger partial charge in [0.2, 0.25) is 5.82 Å². The third-order valence-electron chi connectivity index (χ3n) is 2.75. The number of benzene rings is 1. The van der Waals surface area contributed by atoms with Crippen LogP contribution in [0.3, 0.4) is 0 Å². The van der Waals surface area contributed by atoms with Gasteiger partial charge in [-0.25, -0.2) is 4.98 Å². The first-order chi connectivity index (χ1) is 9.11. The van der Waals surface area contributed by atoms with Crippen molar-refractivity contribution in [3.8, 4) is 11.8 Å². The lowest BCUT2D eigenvalue weighted by Crippen LogP contribution is -2.22. The Balaban J connectivity index is 2.43. The molecule has 0 aliphatic heterocycles. The maximum absolute atomic E-state index is 9.07. The summed E-state index contributed by atoms with van der Waals surface area (Å²) in [7, 11) is 0. The molecule has 1 heterocycles. The van der Waals surface area contributed by atoms with E-state index in [2.05, 4.69) is 30.2 Å². The van der Waals surface area contributed by atoms with E-state index in [0.717, 1.165) is 11.3 Å². The Morgan fingerprint density at radius 2 is 2.26 bits per heavy atom. The molecule has 1 aromatic heterocycles. The fourth-order valence-electron chi connectivity index (χ4n) is 1.81. The Morgan fingerprint density at radius 1 is 1.47 bits per heavy atom. The summed E-state index contributed by atoms with van der Waals surface area (Å²) in [5.41, 5.74) is 1.96. The largest absolute Gasteiger partial charge is 0.310 e. The lowest BCUT2D eigenvalue weighted by Gasteiger charge is -2.14. The smallest absolute Gasteiger partial charge is 0.217 e. The second-order valence-corrected chi connectivity index (χ2v) is 4.98. The average molecular weight is 275 g/mol. The molecule has 2 rings (SSSR count). The van der Waals surface area contributed by atoms with E-state index in [0.29, 0.717) is 23.4 Å². The van der Waals surface area contributed by atoms with E-state index in [1.807, 2.05) is 18.2 Å². The second-order valence-electron chi connectivity index (χ2n) is 4.54. The molecular weight excluding hydrogens is 260 g/mol. The van der Waals surface area contributed by atoms with Crippen molar-refractivity contribution in [1.82, 2.24) is 14.9 Å². The molecule has 0 amide bonds. The van der Waals surface area contributed by atoms with E-state index in [4.69, 9.17) is 16.9 Å². The lowest BCUT2D eigenvalue weighted by atomic mass is 10.1. The predicted octanol–water partition coefficient (Wildman–Crippen LogP) is 2.90. The molecule has 19 heavy (non-hydrogen) atoms. The van der Waals surface area contributed by atoms with E-state index in [1.165, 1.54) is 0 Å². The Labute approximate surface area is 117 Å². The zero-order valence-corrected chi connectivity index (χ0v) is 11.6. The van der Waals surface area contributed by atoms with Gasteiger partial charge in [-0.1, -0.05) is 31.5 Å². The molecule has 0 radical (unpaired) electrons. The molecule has 0 bridgehead atoms. The van der Waals surface area contributed by atoms with Crippen LogP contribution in [-0.2, 0) is 6.54 Å². The van der Waals surface area contributed by atoms with Crippen molar-refractivity contribution in [1.29, 1.82) is 5.26 Å². The highest BCUT2D eigenvalue weighted by Crippen LogP contribution is 2.21. The van der Waals surface area contributed by atoms with Crippen molar-refractivity contribution in [3.05, 3.63) is 47.0 Å². The van der Waals surface area contributed by atoms with E-state index in [9.17, 15) is 0 Å². The van der Waals surface area contributed by atoms with Gasteiger partial charge in [-0.3, -0.25) is 4.57 Å². The minimum Gasteiger partial charge on any atom is -0.310 e. The van der Waals surface area contributed by atoms with Crippen molar-refractivity contribution in [3.63, 3.8) is 0 Å². The van der Waals surface area contributed by atoms with Crippen molar-refractivity contribution in [2.75, 3.05) is 0 Å². The van der Waals surface area contributed by atoms with Crippen LogP contribution in [0.4, 0.5) is 0 Å². The first-order valence-corrected chi connectivity index (χ1v) is 6.45. The van der Waals surface area contributed by atoms with Gasteiger partial charge in [0.05, 0.1) is 5.69 Å². The number of hydrogen-bond donors (Lipinski definition) is 1. The van der Waals surface area contributed by atoms with Gasteiger partial charge in [0, 0.05) is 30.0 Å². The van der Waals surface area contributed by atoms with E-state index in [-0.39, 0.29) is 0 Å². The molecule has 4 nitrogen and oxygen atoms in total. The van der Waals surface area contributed by atoms with Crippen LogP contribution in [0.25, 0.3) is 5.69 Å². The van der Waals surface area contributed by atoms with Crippen LogP contribution in [0.15, 0.2) is 30.6 Å². The zero-order valence-electron chi connectivity index (χ0n) is 10.9. The summed E-state index contributed by atoms with van der Waals surface area (Å²) in [5.74, 6) is 0.355.